The molecule has 2 aliphatic carbocycles. The van der Waals surface area contributed by atoms with Crippen molar-refractivity contribution in [1.29, 1.82) is 0 Å². The summed E-state index contributed by atoms with van der Waals surface area (Å²) in [6, 6.07) is 8.97. The standard InChI is InChI=1S/C24H17Br2Cl2FN2O4/c25-20-13-8-14(21(20)26)19-18(13)23(34)31(24(19)35)30(9-17(32)10-1-4-12(29)5-2-10)22(33)11-3-6-15(27)16(28)7-11/h1-7,13-14,18-21H,8-9H2/t13-,14-,18-,19+,20+,21+/m1/s1. The first-order chi connectivity index (χ1) is 16.6. The molecule has 1 aliphatic heterocycles. The largest absolute Gasteiger partial charge is 0.292 e. The molecule has 1 saturated heterocycles. The topological polar surface area (TPSA) is 74.8 Å². The zero-order valence-electron chi connectivity index (χ0n) is 17.8. The van der Waals surface area contributed by atoms with Crippen molar-refractivity contribution in [1.82, 2.24) is 10.0 Å². The van der Waals surface area contributed by atoms with Crippen molar-refractivity contribution in [3.8, 4) is 0 Å². The first-order valence-electron chi connectivity index (χ1n) is 10.8. The number of hydrogen-bond donors (Lipinski definition) is 0. The first kappa shape index (κ1) is 24.9. The molecule has 2 aromatic rings. The van der Waals surface area contributed by atoms with E-state index in [0.717, 1.165) is 28.6 Å². The van der Waals surface area contributed by atoms with Crippen molar-refractivity contribution < 1.29 is 23.6 Å². The van der Waals surface area contributed by atoms with Crippen LogP contribution in [-0.4, -0.2) is 49.7 Å². The zero-order valence-corrected chi connectivity index (χ0v) is 22.5. The van der Waals surface area contributed by atoms with E-state index in [-0.39, 0.29) is 42.7 Å². The van der Waals surface area contributed by atoms with Crippen LogP contribution in [0.25, 0.3) is 0 Å². The summed E-state index contributed by atoms with van der Waals surface area (Å²) in [6.45, 7) is -0.591. The molecule has 0 spiro atoms. The Hall–Kier alpha value is -1.81. The number of Topliss-reactive ketones (excluding diaryl/α,β-unsaturated/α-hetero) is 1. The van der Waals surface area contributed by atoms with E-state index in [1.165, 1.54) is 30.3 Å². The number of nitrogens with zero attached hydrogens (tertiary/aromatic N) is 2. The Balaban J connectivity index is 1.52. The number of amides is 3. The molecule has 182 valence electrons. The van der Waals surface area contributed by atoms with Gasteiger partial charge in [0.05, 0.1) is 21.9 Å². The highest BCUT2D eigenvalue weighted by Gasteiger charge is 2.67. The molecular formula is C24H17Br2Cl2FN2O4. The highest BCUT2D eigenvalue weighted by molar-refractivity contribution is 9.12. The van der Waals surface area contributed by atoms with Crippen LogP contribution in [0.2, 0.25) is 10.0 Å². The maximum absolute atomic E-state index is 13.6. The molecule has 2 saturated carbocycles. The predicted molar refractivity (Wildman–Crippen MR) is 134 cm³/mol. The molecule has 1 heterocycles. The molecule has 3 aliphatic rings. The van der Waals surface area contributed by atoms with Gasteiger partial charge in [0.25, 0.3) is 17.7 Å². The van der Waals surface area contributed by atoms with Gasteiger partial charge in [0.2, 0.25) is 0 Å². The second kappa shape index (κ2) is 9.25. The Kier molecular flexibility index (Phi) is 6.57. The number of hydrogen-bond acceptors (Lipinski definition) is 4. The second-order valence-electron chi connectivity index (χ2n) is 8.91. The maximum atomic E-state index is 13.6. The van der Waals surface area contributed by atoms with Gasteiger partial charge in [-0.15, -0.1) is 0 Å². The highest BCUT2D eigenvalue weighted by Crippen LogP contribution is 2.60. The van der Waals surface area contributed by atoms with Crippen LogP contribution in [-0.2, 0) is 9.59 Å². The zero-order chi connectivity index (χ0) is 25.2. The number of ketones is 1. The van der Waals surface area contributed by atoms with Crippen molar-refractivity contribution >= 4 is 78.6 Å². The number of hydrazine groups is 1. The highest BCUT2D eigenvalue weighted by atomic mass is 79.9. The summed E-state index contributed by atoms with van der Waals surface area (Å²) in [5.74, 6) is -4.11. The van der Waals surface area contributed by atoms with Crippen LogP contribution in [0.1, 0.15) is 27.1 Å². The summed E-state index contributed by atoms with van der Waals surface area (Å²) in [7, 11) is 0. The quantitative estimate of drug-likeness (QED) is 0.256. The normalized spacial score (nSPS) is 29.0. The number of imide groups is 1. The van der Waals surface area contributed by atoms with Crippen LogP contribution in [0.3, 0.4) is 0 Å². The Labute approximate surface area is 226 Å². The molecule has 2 aromatic carbocycles. The van der Waals surface area contributed by atoms with Gasteiger partial charge in [-0.25, -0.2) is 9.40 Å². The third-order valence-corrected chi connectivity index (χ3v) is 11.0. The average molecular weight is 647 g/mol. The first-order valence-corrected chi connectivity index (χ1v) is 13.4. The van der Waals surface area contributed by atoms with Gasteiger partial charge in [-0.1, -0.05) is 55.1 Å². The van der Waals surface area contributed by atoms with Crippen molar-refractivity contribution in [2.45, 2.75) is 16.1 Å². The second-order valence-corrected chi connectivity index (χ2v) is 11.8. The number of alkyl halides is 2. The Morgan fingerprint density at radius 3 is 2.00 bits per heavy atom. The summed E-state index contributed by atoms with van der Waals surface area (Å²) in [5, 5.41) is 2.04. The van der Waals surface area contributed by atoms with Crippen molar-refractivity contribution in [2.24, 2.45) is 23.7 Å². The number of fused-ring (bicyclic) bond motifs is 5. The molecule has 6 atom stereocenters. The van der Waals surface area contributed by atoms with Crippen molar-refractivity contribution in [3.05, 3.63) is 69.5 Å². The van der Waals surface area contributed by atoms with Gasteiger partial charge in [0.15, 0.2) is 5.78 Å². The molecule has 11 heteroatoms. The summed E-state index contributed by atoms with van der Waals surface area (Å²) in [4.78, 5) is 53.8. The Morgan fingerprint density at radius 1 is 0.914 bits per heavy atom. The molecule has 0 aromatic heterocycles. The minimum atomic E-state index is -0.751. The van der Waals surface area contributed by atoms with Crippen LogP contribution in [0.15, 0.2) is 42.5 Å². The summed E-state index contributed by atoms with van der Waals surface area (Å²) in [6.07, 6.45) is 0.724. The number of halogens is 5. The number of carbonyl (C=O) groups is 4. The van der Waals surface area contributed by atoms with Crippen molar-refractivity contribution in [3.63, 3.8) is 0 Å². The lowest BCUT2D eigenvalue weighted by atomic mass is 9.81. The summed E-state index contributed by atoms with van der Waals surface area (Å²) < 4.78 is 13.4. The van der Waals surface area contributed by atoms with Crippen LogP contribution in [0, 0.1) is 29.5 Å². The molecule has 6 nitrogen and oxygen atoms in total. The van der Waals surface area contributed by atoms with E-state index in [4.69, 9.17) is 23.2 Å². The van der Waals surface area contributed by atoms with Gasteiger partial charge in [-0.05, 0) is 60.7 Å². The molecule has 3 fully saturated rings. The lowest BCUT2D eigenvalue weighted by Gasteiger charge is -2.31. The van der Waals surface area contributed by atoms with Gasteiger partial charge in [0.1, 0.15) is 12.4 Å². The predicted octanol–water partition coefficient (Wildman–Crippen LogP) is 5.15. The van der Waals surface area contributed by atoms with E-state index in [1.54, 1.807) is 0 Å². The minimum absolute atomic E-state index is 0.0190. The molecule has 35 heavy (non-hydrogen) atoms. The lowest BCUT2D eigenvalue weighted by molar-refractivity contribution is -0.154. The van der Waals surface area contributed by atoms with E-state index in [9.17, 15) is 23.6 Å². The van der Waals surface area contributed by atoms with Crippen LogP contribution in [0.4, 0.5) is 4.39 Å². The molecular weight excluding hydrogens is 630 g/mol. The molecule has 0 unspecified atom stereocenters. The summed E-state index contributed by atoms with van der Waals surface area (Å²) >= 11 is 19.3. The molecule has 2 bridgehead atoms. The van der Waals surface area contributed by atoms with Gasteiger partial charge in [0, 0.05) is 20.8 Å². The monoisotopic (exact) mass is 644 g/mol. The van der Waals surface area contributed by atoms with Gasteiger partial charge in [-0.3, -0.25) is 19.2 Å². The average Bonchev–Trinajstić information content (AvgIpc) is 3.44. The number of benzene rings is 2. The smallest absolute Gasteiger partial charge is 0.273 e. The van der Waals surface area contributed by atoms with Crippen LogP contribution < -0.4 is 0 Å². The SMILES string of the molecule is O=C(CN(C(=O)c1ccc(Cl)c(Cl)c1)N1C(=O)[C@@H]2[C@H]3C[C@@H]([C@H](Br)[C@H]3Br)[C@@H]2C1=O)c1ccc(F)cc1. The van der Waals surface area contributed by atoms with E-state index in [0.29, 0.717) is 0 Å². The fourth-order valence-corrected chi connectivity index (χ4v) is 7.62. The van der Waals surface area contributed by atoms with E-state index >= 15 is 0 Å². The van der Waals surface area contributed by atoms with Crippen LogP contribution in [0.5, 0.6) is 0 Å². The Bertz CT molecular complexity index is 1230. The van der Waals surface area contributed by atoms with Crippen LogP contribution >= 0.6 is 55.1 Å². The molecule has 3 amide bonds. The Morgan fingerprint density at radius 2 is 1.46 bits per heavy atom. The maximum Gasteiger partial charge on any atom is 0.273 e. The van der Waals surface area contributed by atoms with E-state index < -0.39 is 47.7 Å². The number of rotatable bonds is 5. The van der Waals surface area contributed by atoms with Crippen molar-refractivity contribution in [2.75, 3.05) is 6.54 Å². The third kappa shape index (κ3) is 4.04. The molecule has 5 rings (SSSR count). The fourth-order valence-electron chi connectivity index (χ4n) is 5.45. The molecule has 0 radical (unpaired) electrons. The minimum Gasteiger partial charge on any atom is -0.292 e. The van der Waals surface area contributed by atoms with Gasteiger partial charge < -0.3 is 0 Å². The summed E-state index contributed by atoms with van der Waals surface area (Å²) in [5.41, 5.74) is 0.197. The molecule has 0 N–H and O–H groups in total. The third-order valence-electron chi connectivity index (χ3n) is 7.07. The number of carbonyl (C=O) groups excluding carboxylic acids is 4. The van der Waals surface area contributed by atoms with Gasteiger partial charge >= 0.3 is 0 Å². The van der Waals surface area contributed by atoms with E-state index in [2.05, 4.69) is 31.9 Å². The fraction of sp³-hybridized carbons (Fsp3) is 0.333. The van der Waals surface area contributed by atoms with E-state index in [1.807, 2.05) is 0 Å². The lowest BCUT2D eigenvalue weighted by Crippen LogP contribution is -2.52. The van der Waals surface area contributed by atoms with Gasteiger partial charge in [-0.2, -0.15) is 5.01 Å².